The maximum Gasteiger partial charge on any atom is 0.337 e. The summed E-state index contributed by atoms with van der Waals surface area (Å²) in [4.78, 5) is 23.6. The molecule has 1 aromatic heterocycles. The lowest BCUT2D eigenvalue weighted by molar-refractivity contribution is -0.116. The number of esters is 1. The Bertz CT molecular complexity index is 962. The highest BCUT2D eigenvalue weighted by atomic mass is 16.5. The van der Waals surface area contributed by atoms with Gasteiger partial charge in [-0.25, -0.2) is 4.79 Å². The molecule has 29 heavy (non-hydrogen) atoms. The molecule has 0 aliphatic heterocycles. The third-order valence-electron chi connectivity index (χ3n) is 3.83. The zero-order valence-corrected chi connectivity index (χ0v) is 15.8. The number of benzene rings is 2. The number of amides is 1. The lowest BCUT2D eigenvalue weighted by atomic mass is 10.2. The van der Waals surface area contributed by atoms with Crippen LogP contribution in [0.1, 0.15) is 16.8 Å². The van der Waals surface area contributed by atoms with E-state index in [0.717, 1.165) is 0 Å². The number of carbonyl (C=O) groups excluding carboxylic acids is 2. The highest BCUT2D eigenvalue weighted by Crippen LogP contribution is 2.17. The first-order valence-corrected chi connectivity index (χ1v) is 8.91. The van der Waals surface area contributed by atoms with Gasteiger partial charge in [0.05, 0.1) is 25.7 Å². The van der Waals surface area contributed by atoms with Gasteiger partial charge in [-0.2, -0.15) is 0 Å². The Hall–Kier alpha value is -3.94. The van der Waals surface area contributed by atoms with Gasteiger partial charge in [0.2, 0.25) is 5.91 Å². The van der Waals surface area contributed by atoms with Crippen LogP contribution in [0.2, 0.25) is 0 Å². The second-order valence-electron chi connectivity index (χ2n) is 5.96. The van der Waals surface area contributed by atoms with E-state index in [1.165, 1.54) is 7.11 Å². The number of hydrogen-bond acceptors (Lipinski definition) is 7. The van der Waals surface area contributed by atoms with Gasteiger partial charge < -0.3 is 20.1 Å². The smallest absolute Gasteiger partial charge is 0.337 e. The summed E-state index contributed by atoms with van der Waals surface area (Å²) in [7, 11) is 1.33. The molecule has 0 aliphatic rings. The largest absolute Gasteiger partial charge is 0.493 e. The molecule has 3 aromatic rings. The monoisotopic (exact) mass is 392 g/mol. The Morgan fingerprint density at radius 1 is 0.931 bits per heavy atom. The average molecular weight is 392 g/mol. The molecule has 3 rings (SSSR count). The number of ether oxygens (including phenoxy) is 2. The molecule has 0 spiro atoms. The van der Waals surface area contributed by atoms with Crippen LogP contribution in [0, 0.1) is 0 Å². The van der Waals surface area contributed by atoms with E-state index in [-0.39, 0.29) is 18.9 Å². The van der Waals surface area contributed by atoms with Gasteiger partial charge in [-0.3, -0.25) is 4.79 Å². The molecule has 8 nitrogen and oxygen atoms in total. The van der Waals surface area contributed by atoms with E-state index in [9.17, 15) is 9.59 Å². The van der Waals surface area contributed by atoms with Crippen LogP contribution in [0.25, 0.3) is 0 Å². The summed E-state index contributed by atoms with van der Waals surface area (Å²) in [6.07, 6.45) is 0.191. The highest BCUT2D eigenvalue weighted by molar-refractivity contribution is 5.91. The van der Waals surface area contributed by atoms with Gasteiger partial charge in [0.1, 0.15) is 5.75 Å². The average Bonchev–Trinajstić information content (AvgIpc) is 2.75. The zero-order chi connectivity index (χ0) is 20.5. The lowest BCUT2D eigenvalue weighted by Crippen LogP contribution is -2.16. The molecule has 8 heteroatoms. The number of aromatic nitrogens is 2. The Labute approximate surface area is 167 Å². The summed E-state index contributed by atoms with van der Waals surface area (Å²) in [6.45, 7) is 0.263. The predicted molar refractivity (Wildman–Crippen MR) is 108 cm³/mol. The molecule has 148 valence electrons. The lowest BCUT2D eigenvalue weighted by Gasteiger charge is -2.08. The normalized spacial score (nSPS) is 10.1. The second-order valence-corrected chi connectivity index (χ2v) is 5.96. The van der Waals surface area contributed by atoms with Crippen LogP contribution in [0.4, 0.5) is 17.3 Å². The van der Waals surface area contributed by atoms with E-state index in [1.807, 2.05) is 30.3 Å². The molecule has 0 fully saturated rings. The van der Waals surface area contributed by atoms with Gasteiger partial charge in [0.25, 0.3) is 0 Å². The SMILES string of the molecule is COC(=O)c1cccc(Nc2ccc(NC(=O)CCOc3ccccc3)nn2)c1. The number of anilines is 3. The van der Waals surface area contributed by atoms with Crippen LogP contribution in [0.3, 0.4) is 0 Å². The zero-order valence-electron chi connectivity index (χ0n) is 15.8. The van der Waals surface area contributed by atoms with Gasteiger partial charge in [0.15, 0.2) is 11.6 Å². The Morgan fingerprint density at radius 3 is 2.41 bits per heavy atom. The molecule has 1 heterocycles. The molecular formula is C21H20N4O4. The molecule has 2 N–H and O–H groups in total. The second kappa shape index (κ2) is 9.84. The minimum absolute atomic E-state index is 0.191. The van der Waals surface area contributed by atoms with Crippen molar-refractivity contribution in [3.8, 4) is 5.75 Å². The van der Waals surface area contributed by atoms with E-state index in [2.05, 4.69) is 20.8 Å². The minimum Gasteiger partial charge on any atom is -0.493 e. The molecule has 0 saturated carbocycles. The molecular weight excluding hydrogens is 372 g/mol. The molecule has 0 saturated heterocycles. The summed E-state index contributed by atoms with van der Waals surface area (Å²) in [6, 6.07) is 19.4. The molecule has 0 unspecified atom stereocenters. The van der Waals surface area contributed by atoms with E-state index in [1.54, 1.807) is 36.4 Å². The van der Waals surface area contributed by atoms with Crippen LogP contribution in [0.5, 0.6) is 5.75 Å². The Morgan fingerprint density at radius 2 is 1.69 bits per heavy atom. The number of rotatable bonds is 8. The van der Waals surface area contributed by atoms with Gasteiger partial charge in [0, 0.05) is 5.69 Å². The van der Waals surface area contributed by atoms with Gasteiger partial charge >= 0.3 is 5.97 Å². The van der Waals surface area contributed by atoms with Crippen LogP contribution in [-0.2, 0) is 9.53 Å². The maximum atomic E-state index is 12.0. The van der Waals surface area contributed by atoms with Crippen molar-refractivity contribution in [1.29, 1.82) is 0 Å². The minimum atomic E-state index is -0.422. The van der Waals surface area contributed by atoms with E-state index < -0.39 is 5.97 Å². The number of methoxy groups -OCH3 is 1. The van der Waals surface area contributed by atoms with Crippen LogP contribution in [-0.4, -0.2) is 35.8 Å². The highest BCUT2D eigenvalue weighted by Gasteiger charge is 2.07. The first kappa shape index (κ1) is 19.8. The quantitative estimate of drug-likeness (QED) is 0.566. The predicted octanol–water partition coefficient (Wildman–Crippen LogP) is 3.41. The van der Waals surface area contributed by atoms with Gasteiger partial charge in [-0.1, -0.05) is 24.3 Å². The molecule has 0 bridgehead atoms. The number of carbonyl (C=O) groups is 2. The summed E-state index contributed by atoms with van der Waals surface area (Å²) < 4.78 is 10.2. The third-order valence-corrected chi connectivity index (χ3v) is 3.83. The molecule has 0 atom stereocenters. The van der Waals surface area contributed by atoms with Crippen LogP contribution in [0.15, 0.2) is 66.7 Å². The molecule has 1 amide bonds. The summed E-state index contributed by atoms with van der Waals surface area (Å²) in [5.74, 6) is 0.878. The van der Waals surface area contributed by atoms with Crippen molar-refractivity contribution in [3.63, 3.8) is 0 Å². The maximum absolute atomic E-state index is 12.0. The standard InChI is InChI=1S/C21H20N4O4/c1-28-21(27)15-6-5-7-16(14-15)22-18-10-11-19(25-24-18)23-20(26)12-13-29-17-8-3-2-4-9-17/h2-11,14H,12-13H2,1H3,(H,22,24)(H,23,25,26). The summed E-state index contributed by atoms with van der Waals surface area (Å²) in [5.41, 5.74) is 1.09. The summed E-state index contributed by atoms with van der Waals surface area (Å²) in [5, 5.41) is 13.7. The van der Waals surface area contributed by atoms with Crippen molar-refractivity contribution in [1.82, 2.24) is 10.2 Å². The Balaban J connectivity index is 1.49. The number of nitrogens with one attached hydrogen (secondary N) is 2. The number of nitrogens with zero attached hydrogens (tertiary/aromatic N) is 2. The topological polar surface area (TPSA) is 102 Å². The molecule has 0 radical (unpaired) electrons. The van der Waals surface area contributed by atoms with Crippen molar-refractivity contribution in [2.45, 2.75) is 6.42 Å². The van der Waals surface area contributed by atoms with E-state index in [4.69, 9.17) is 9.47 Å². The van der Waals surface area contributed by atoms with Crippen molar-refractivity contribution in [3.05, 3.63) is 72.3 Å². The van der Waals surface area contributed by atoms with Crippen molar-refractivity contribution < 1.29 is 19.1 Å². The van der Waals surface area contributed by atoms with E-state index in [0.29, 0.717) is 28.6 Å². The number of hydrogen-bond donors (Lipinski definition) is 2. The van der Waals surface area contributed by atoms with Crippen molar-refractivity contribution >= 4 is 29.2 Å². The Kier molecular flexibility index (Phi) is 6.72. The fourth-order valence-corrected chi connectivity index (χ4v) is 2.44. The van der Waals surface area contributed by atoms with Crippen LogP contribution < -0.4 is 15.4 Å². The van der Waals surface area contributed by atoms with Gasteiger partial charge in [-0.15, -0.1) is 10.2 Å². The fourth-order valence-electron chi connectivity index (χ4n) is 2.44. The first-order chi connectivity index (χ1) is 14.1. The first-order valence-electron chi connectivity index (χ1n) is 8.91. The summed E-state index contributed by atoms with van der Waals surface area (Å²) >= 11 is 0. The third kappa shape index (κ3) is 6.03. The van der Waals surface area contributed by atoms with Crippen LogP contribution >= 0.6 is 0 Å². The number of para-hydroxylation sites is 1. The van der Waals surface area contributed by atoms with E-state index >= 15 is 0 Å². The van der Waals surface area contributed by atoms with Crippen molar-refractivity contribution in [2.75, 3.05) is 24.4 Å². The van der Waals surface area contributed by atoms with Gasteiger partial charge in [-0.05, 0) is 42.5 Å². The fraction of sp³-hybridized carbons (Fsp3) is 0.143. The van der Waals surface area contributed by atoms with Crippen molar-refractivity contribution in [2.24, 2.45) is 0 Å². The molecule has 0 aliphatic carbocycles. The molecule has 2 aromatic carbocycles.